The second-order valence-electron chi connectivity index (χ2n) is 4.89. The third kappa shape index (κ3) is 2.17. The Kier molecular flexibility index (Phi) is 2.97. The topological polar surface area (TPSA) is 70.9 Å². The summed E-state index contributed by atoms with van der Waals surface area (Å²) in [5, 5.41) is 11.5. The standard InChI is InChI=1S/C16H10BrN3O2/c17-12-2-1-3-14-11(12)7-15(22-14)16(21)19-10-4-5-13-9(6-10)8-18-20-13/h1-8H,(H,18,20)(H,19,21). The van der Waals surface area contributed by atoms with E-state index in [0.717, 1.165) is 20.8 Å². The van der Waals surface area contributed by atoms with Crippen LogP contribution in [0.3, 0.4) is 0 Å². The summed E-state index contributed by atoms with van der Waals surface area (Å²) < 4.78 is 6.49. The van der Waals surface area contributed by atoms with Crippen molar-refractivity contribution in [2.75, 3.05) is 5.32 Å². The summed E-state index contributed by atoms with van der Waals surface area (Å²) >= 11 is 3.45. The molecule has 0 radical (unpaired) electrons. The molecule has 2 aromatic heterocycles. The molecule has 108 valence electrons. The molecule has 2 aromatic carbocycles. The van der Waals surface area contributed by atoms with E-state index >= 15 is 0 Å². The van der Waals surface area contributed by atoms with Crippen molar-refractivity contribution in [2.45, 2.75) is 0 Å². The van der Waals surface area contributed by atoms with Crippen LogP contribution in [0.5, 0.6) is 0 Å². The zero-order chi connectivity index (χ0) is 15.1. The molecule has 0 aliphatic carbocycles. The van der Waals surface area contributed by atoms with Gasteiger partial charge in [-0.25, -0.2) is 0 Å². The monoisotopic (exact) mass is 355 g/mol. The Morgan fingerprint density at radius 3 is 3.00 bits per heavy atom. The van der Waals surface area contributed by atoms with Crippen LogP contribution in [0.4, 0.5) is 5.69 Å². The number of amides is 1. The van der Waals surface area contributed by atoms with Crippen LogP contribution < -0.4 is 5.32 Å². The number of rotatable bonds is 2. The molecule has 22 heavy (non-hydrogen) atoms. The van der Waals surface area contributed by atoms with Gasteiger partial charge in [-0.2, -0.15) is 5.10 Å². The fraction of sp³-hybridized carbons (Fsp3) is 0. The molecular formula is C16H10BrN3O2. The maximum Gasteiger partial charge on any atom is 0.291 e. The van der Waals surface area contributed by atoms with Crippen LogP contribution in [0.15, 0.2) is 57.6 Å². The fourth-order valence-electron chi connectivity index (χ4n) is 2.35. The Morgan fingerprint density at radius 1 is 1.23 bits per heavy atom. The van der Waals surface area contributed by atoms with Gasteiger partial charge in [-0.15, -0.1) is 0 Å². The summed E-state index contributed by atoms with van der Waals surface area (Å²) in [6.45, 7) is 0. The first kappa shape index (κ1) is 13.1. The highest BCUT2D eigenvalue weighted by atomic mass is 79.9. The van der Waals surface area contributed by atoms with Gasteiger partial charge in [0.2, 0.25) is 0 Å². The number of hydrogen-bond donors (Lipinski definition) is 2. The quantitative estimate of drug-likeness (QED) is 0.562. The van der Waals surface area contributed by atoms with Crippen LogP contribution in [0.2, 0.25) is 0 Å². The van der Waals surface area contributed by atoms with Crippen molar-refractivity contribution < 1.29 is 9.21 Å². The number of hydrogen-bond acceptors (Lipinski definition) is 3. The Balaban J connectivity index is 1.66. The van der Waals surface area contributed by atoms with Gasteiger partial charge in [-0.1, -0.05) is 22.0 Å². The summed E-state index contributed by atoms with van der Waals surface area (Å²) in [5.41, 5.74) is 2.29. The van der Waals surface area contributed by atoms with E-state index < -0.39 is 0 Å². The first-order chi connectivity index (χ1) is 10.7. The molecule has 0 spiro atoms. The molecule has 0 aliphatic heterocycles. The lowest BCUT2D eigenvalue weighted by Gasteiger charge is -2.02. The molecule has 0 atom stereocenters. The number of nitrogens with zero attached hydrogens (tertiary/aromatic N) is 1. The minimum absolute atomic E-state index is 0.272. The molecule has 0 saturated heterocycles. The van der Waals surface area contributed by atoms with Crippen LogP contribution >= 0.6 is 15.9 Å². The SMILES string of the molecule is O=C(Nc1ccc2[nH]ncc2c1)c1cc2c(Br)cccc2o1. The lowest BCUT2D eigenvalue weighted by Crippen LogP contribution is -2.10. The molecule has 0 saturated carbocycles. The number of aromatic amines is 1. The van der Waals surface area contributed by atoms with Crippen LogP contribution in [0.25, 0.3) is 21.9 Å². The first-order valence-corrected chi connectivity index (χ1v) is 7.42. The maximum atomic E-state index is 12.3. The van der Waals surface area contributed by atoms with Gasteiger partial charge in [-0.3, -0.25) is 9.89 Å². The predicted octanol–water partition coefficient (Wildman–Crippen LogP) is 4.32. The molecule has 1 amide bonds. The van der Waals surface area contributed by atoms with Gasteiger partial charge in [0.25, 0.3) is 5.91 Å². The molecule has 2 heterocycles. The van der Waals surface area contributed by atoms with E-state index in [4.69, 9.17) is 4.42 Å². The normalized spacial score (nSPS) is 11.1. The molecule has 4 aromatic rings. The molecular weight excluding hydrogens is 346 g/mol. The van der Waals surface area contributed by atoms with Crippen LogP contribution in [-0.2, 0) is 0 Å². The van der Waals surface area contributed by atoms with E-state index in [0.29, 0.717) is 11.3 Å². The lowest BCUT2D eigenvalue weighted by molar-refractivity contribution is 0.0998. The number of benzene rings is 2. The van der Waals surface area contributed by atoms with Gasteiger partial charge in [-0.05, 0) is 36.4 Å². The predicted molar refractivity (Wildman–Crippen MR) is 88.0 cm³/mol. The van der Waals surface area contributed by atoms with Crippen molar-refractivity contribution in [1.29, 1.82) is 0 Å². The van der Waals surface area contributed by atoms with Gasteiger partial charge in [0.1, 0.15) is 5.58 Å². The third-order valence-corrected chi connectivity index (χ3v) is 4.12. The summed E-state index contributed by atoms with van der Waals surface area (Å²) in [7, 11) is 0. The Morgan fingerprint density at radius 2 is 2.14 bits per heavy atom. The number of carbonyl (C=O) groups excluding carboxylic acids is 1. The molecule has 0 unspecified atom stereocenters. The minimum Gasteiger partial charge on any atom is -0.451 e. The number of anilines is 1. The van der Waals surface area contributed by atoms with Crippen LogP contribution in [0, 0.1) is 0 Å². The average molecular weight is 356 g/mol. The molecule has 5 nitrogen and oxygen atoms in total. The lowest BCUT2D eigenvalue weighted by atomic mass is 10.2. The number of fused-ring (bicyclic) bond motifs is 2. The van der Waals surface area contributed by atoms with Crippen molar-refractivity contribution in [1.82, 2.24) is 10.2 Å². The second-order valence-corrected chi connectivity index (χ2v) is 5.74. The van der Waals surface area contributed by atoms with Crippen LogP contribution in [-0.4, -0.2) is 16.1 Å². The highest BCUT2D eigenvalue weighted by Gasteiger charge is 2.14. The largest absolute Gasteiger partial charge is 0.451 e. The van der Waals surface area contributed by atoms with Crippen molar-refractivity contribution in [3.63, 3.8) is 0 Å². The summed E-state index contributed by atoms with van der Waals surface area (Å²) in [6.07, 6.45) is 1.71. The number of aromatic nitrogens is 2. The van der Waals surface area contributed by atoms with Gasteiger partial charge in [0.15, 0.2) is 5.76 Å². The van der Waals surface area contributed by atoms with Crippen molar-refractivity contribution in [3.8, 4) is 0 Å². The van der Waals surface area contributed by atoms with Crippen molar-refractivity contribution >= 4 is 49.4 Å². The Hall–Kier alpha value is -2.60. The van der Waals surface area contributed by atoms with Crippen LogP contribution in [0.1, 0.15) is 10.6 Å². The molecule has 4 rings (SSSR count). The van der Waals surface area contributed by atoms with E-state index in [9.17, 15) is 4.79 Å². The smallest absolute Gasteiger partial charge is 0.291 e. The van der Waals surface area contributed by atoms with E-state index in [-0.39, 0.29) is 11.7 Å². The van der Waals surface area contributed by atoms with Gasteiger partial charge in [0.05, 0.1) is 11.7 Å². The summed E-state index contributed by atoms with van der Waals surface area (Å²) in [5.74, 6) is -0.0138. The zero-order valence-electron chi connectivity index (χ0n) is 11.3. The number of nitrogens with one attached hydrogen (secondary N) is 2. The molecule has 0 fully saturated rings. The highest BCUT2D eigenvalue weighted by molar-refractivity contribution is 9.10. The van der Waals surface area contributed by atoms with Gasteiger partial charge in [0, 0.05) is 20.9 Å². The maximum absolute atomic E-state index is 12.3. The molecule has 0 bridgehead atoms. The Labute approximate surface area is 133 Å². The summed E-state index contributed by atoms with van der Waals surface area (Å²) in [6, 6.07) is 12.9. The van der Waals surface area contributed by atoms with Crippen molar-refractivity contribution in [2.24, 2.45) is 0 Å². The molecule has 2 N–H and O–H groups in total. The minimum atomic E-state index is -0.286. The number of H-pyrrole nitrogens is 1. The van der Waals surface area contributed by atoms with E-state index in [1.807, 2.05) is 36.4 Å². The second kappa shape index (κ2) is 4.99. The van der Waals surface area contributed by atoms with Crippen molar-refractivity contribution in [3.05, 3.63) is 58.9 Å². The van der Waals surface area contributed by atoms with E-state index in [1.54, 1.807) is 12.3 Å². The number of furan rings is 1. The average Bonchev–Trinajstić information content (AvgIpc) is 3.13. The van der Waals surface area contributed by atoms with Gasteiger partial charge >= 0.3 is 0 Å². The Bertz CT molecular complexity index is 1000. The fourth-order valence-corrected chi connectivity index (χ4v) is 2.81. The third-order valence-electron chi connectivity index (χ3n) is 3.43. The summed E-state index contributed by atoms with van der Waals surface area (Å²) in [4.78, 5) is 12.3. The molecule has 6 heteroatoms. The zero-order valence-corrected chi connectivity index (χ0v) is 12.8. The van der Waals surface area contributed by atoms with E-state index in [2.05, 4.69) is 31.4 Å². The number of halogens is 1. The molecule has 0 aliphatic rings. The number of carbonyl (C=O) groups is 1. The highest BCUT2D eigenvalue weighted by Crippen LogP contribution is 2.27. The van der Waals surface area contributed by atoms with E-state index in [1.165, 1.54) is 0 Å². The van der Waals surface area contributed by atoms with Gasteiger partial charge < -0.3 is 9.73 Å². The first-order valence-electron chi connectivity index (χ1n) is 6.63.